The van der Waals surface area contributed by atoms with Gasteiger partial charge in [-0.05, 0) is 43.0 Å². The summed E-state index contributed by atoms with van der Waals surface area (Å²) >= 11 is 0. The van der Waals surface area contributed by atoms with Gasteiger partial charge in [0, 0.05) is 24.3 Å². The van der Waals surface area contributed by atoms with Crippen molar-refractivity contribution in [3.05, 3.63) is 70.3 Å². The number of rotatable bonds is 2. The van der Waals surface area contributed by atoms with E-state index < -0.39 is 0 Å². The minimum Gasteiger partial charge on any atom is -0.267 e. The normalized spacial score (nSPS) is 10.8. The summed E-state index contributed by atoms with van der Waals surface area (Å²) in [4.78, 5) is 17.1. The highest BCUT2D eigenvalue weighted by Gasteiger charge is 2.14. The molecule has 0 amide bonds. The minimum absolute atomic E-state index is 0.0261. The fraction of sp³-hybridized carbons (Fsp3) is 0.176. The summed E-state index contributed by atoms with van der Waals surface area (Å²) < 4.78 is 1.68. The van der Waals surface area contributed by atoms with Crippen LogP contribution >= 0.6 is 0 Å². The molecule has 4 nitrogen and oxygen atoms in total. The zero-order chi connectivity index (χ0) is 15.0. The Morgan fingerprint density at radius 1 is 1.00 bits per heavy atom. The first kappa shape index (κ1) is 13.4. The van der Waals surface area contributed by atoms with Crippen LogP contribution in [0.4, 0.5) is 5.82 Å². The summed E-state index contributed by atoms with van der Waals surface area (Å²) in [5, 5.41) is 3.52. The second-order valence-corrected chi connectivity index (χ2v) is 5.08. The molecule has 2 aromatic heterocycles. The molecule has 1 aromatic carbocycles. The quantitative estimate of drug-likeness (QED) is 0.724. The standard InChI is InChI=1S/C17H17N3O/c1-12-13(2)20(19(3)16-10-6-7-11-18-16)17(21)15-9-5-4-8-14(12)15/h4-11H,1-3H3. The molecule has 0 spiro atoms. The fourth-order valence-electron chi connectivity index (χ4n) is 2.63. The Labute approximate surface area is 123 Å². The Bertz CT molecular complexity index is 853. The maximum absolute atomic E-state index is 12.8. The van der Waals surface area contributed by atoms with E-state index in [4.69, 9.17) is 0 Å². The fourth-order valence-corrected chi connectivity index (χ4v) is 2.63. The summed E-state index contributed by atoms with van der Waals surface area (Å²) in [7, 11) is 1.85. The lowest BCUT2D eigenvalue weighted by Crippen LogP contribution is -2.38. The van der Waals surface area contributed by atoms with Crippen LogP contribution in [0.1, 0.15) is 11.3 Å². The maximum Gasteiger partial charge on any atom is 0.277 e. The lowest BCUT2D eigenvalue weighted by atomic mass is 10.1. The Kier molecular flexibility index (Phi) is 3.22. The van der Waals surface area contributed by atoms with Crippen molar-refractivity contribution in [3.63, 3.8) is 0 Å². The second-order valence-electron chi connectivity index (χ2n) is 5.08. The zero-order valence-electron chi connectivity index (χ0n) is 12.4. The molecule has 0 atom stereocenters. The van der Waals surface area contributed by atoms with Crippen LogP contribution in [0.25, 0.3) is 10.8 Å². The topological polar surface area (TPSA) is 38.1 Å². The van der Waals surface area contributed by atoms with Gasteiger partial charge >= 0.3 is 0 Å². The van der Waals surface area contributed by atoms with Gasteiger partial charge in [-0.2, -0.15) is 0 Å². The molecule has 106 valence electrons. The third-order valence-corrected chi connectivity index (χ3v) is 3.90. The summed E-state index contributed by atoms with van der Waals surface area (Å²) in [6.45, 7) is 4.00. The van der Waals surface area contributed by atoms with Crippen molar-refractivity contribution < 1.29 is 0 Å². The van der Waals surface area contributed by atoms with Crippen LogP contribution in [-0.4, -0.2) is 16.7 Å². The van der Waals surface area contributed by atoms with E-state index in [1.54, 1.807) is 15.9 Å². The van der Waals surface area contributed by atoms with Crippen LogP contribution < -0.4 is 10.6 Å². The molecule has 3 aromatic rings. The van der Waals surface area contributed by atoms with Crippen LogP contribution in [0, 0.1) is 13.8 Å². The van der Waals surface area contributed by atoms with Gasteiger partial charge in [0.25, 0.3) is 5.56 Å². The van der Waals surface area contributed by atoms with Crippen molar-refractivity contribution in [2.75, 3.05) is 12.1 Å². The second kappa shape index (κ2) is 5.05. The van der Waals surface area contributed by atoms with E-state index in [2.05, 4.69) is 4.98 Å². The van der Waals surface area contributed by atoms with Crippen molar-refractivity contribution in [2.45, 2.75) is 13.8 Å². The number of hydrogen-bond donors (Lipinski definition) is 0. The maximum atomic E-state index is 12.8. The third kappa shape index (κ3) is 2.09. The van der Waals surface area contributed by atoms with Gasteiger partial charge in [-0.15, -0.1) is 0 Å². The number of nitrogens with zero attached hydrogens (tertiary/aromatic N) is 3. The lowest BCUT2D eigenvalue weighted by molar-refractivity contribution is 0.704. The average molecular weight is 279 g/mol. The van der Waals surface area contributed by atoms with Gasteiger partial charge in [-0.25, -0.2) is 9.66 Å². The number of aryl methyl sites for hydroxylation is 1. The first-order valence-electron chi connectivity index (χ1n) is 6.87. The number of aromatic nitrogens is 2. The Morgan fingerprint density at radius 2 is 1.67 bits per heavy atom. The largest absolute Gasteiger partial charge is 0.277 e. The van der Waals surface area contributed by atoms with Crippen LogP contribution in [0.15, 0.2) is 53.5 Å². The Balaban J connectivity index is 2.31. The number of pyridine rings is 2. The van der Waals surface area contributed by atoms with Gasteiger partial charge in [0.2, 0.25) is 0 Å². The summed E-state index contributed by atoms with van der Waals surface area (Å²) in [5.41, 5.74) is 2.00. The minimum atomic E-state index is -0.0261. The number of hydrogen-bond acceptors (Lipinski definition) is 3. The molecule has 2 heterocycles. The average Bonchev–Trinajstić information content (AvgIpc) is 2.53. The van der Waals surface area contributed by atoms with Crippen LogP contribution in [0.2, 0.25) is 0 Å². The van der Waals surface area contributed by atoms with Gasteiger partial charge in [0.05, 0.1) is 0 Å². The number of benzene rings is 1. The summed E-state index contributed by atoms with van der Waals surface area (Å²) in [6.07, 6.45) is 1.72. The highest BCUT2D eigenvalue weighted by molar-refractivity contribution is 5.85. The third-order valence-electron chi connectivity index (χ3n) is 3.90. The van der Waals surface area contributed by atoms with Crippen LogP contribution in [0.3, 0.4) is 0 Å². The first-order chi connectivity index (χ1) is 10.1. The summed E-state index contributed by atoms with van der Waals surface area (Å²) in [5.74, 6) is 0.734. The molecule has 4 heteroatoms. The lowest BCUT2D eigenvalue weighted by Gasteiger charge is -2.24. The van der Waals surface area contributed by atoms with E-state index in [0.29, 0.717) is 0 Å². The number of fused-ring (bicyclic) bond motifs is 1. The first-order valence-corrected chi connectivity index (χ1v) is 6.87. The van der Waals surface area contributed by atoms with Crippen molar-refractivity contribution in [1.29, 1.82) is 0 Å². The Hall–Kier alpha value is -2.62. The Morgan fingerprint density at radius 3 is 2.33 bits per heavy atom. The molecule has 0 saturated heterocycles. The smallest absolute Gasteiger partial charge is 0.267 e. The van der Waals surface area contributed by atoms with Crippen LogP contribution in [-0.2, 0) is 0 Å². The predicted molar refractivity (Wildman–Crippen MR) is 85.7 cm³/mol. The molecule has 0 aliphatic carbocycles. The SMILES string of the molecule is Cc1c(C)n(N(C)c2ccccn2)c(=O)c2ccccc12. The van der Waals surface area contributed by atoms with Gasteiger partial charge in [0.1, 0.15) is 5.82 Å². The molecule has 21 heavy (non-hydrogen) atoms. The van der Waals surface area contributed by atoms with Crippen LogP contribution in [0.5, 0.6) is 0 Å². The highest BCUT2D eigenvalue weighted by atomic mass is 16.1. The van der Waals surface area contributed by atoms with E-state index in [0.717, 1.165) is 27.8 Å². The number of anilines is 1. The molecule has 0 N–H and O–H groups in total. The molecule has 0 saturated carbocycles. The molecule has 0 bridgehead atoms. The van der Waals surface area contributed by atoms with Crippen molar-refractivity contribution in [2.24, 2.45) is 0 Å². The van der Waals surface area contributed by atoms with E-state index in [9.17, 15) is 4.79 Å². The molecule has 0 unspecified atom stereocenters. The van der Waals surface area contributed by atoms with Crippen molar-refractivity contribution >= 4 is 16.6 Å². The monoisotopic (exact) mass is 279 g/mol. The highest BCUT2D eigenvalue weighted by Crippen LogP contribution is 2.19. The van der Waals surface area contributed by atoms with E-state index in [-0.39, 0.29) is 5.56 Å². The molecule has 0 radical (unpaired) electrons. The van der Waals surface area contributed by atoms with Gasteiger partial charge < -0.3 is 0 Å². The molecule has 0 aliphatic rings. The van der Waals surface area contributed by atoms with Crippen molar-refractivity contribution in [1.82, 2.24) is 9.66 Å². The predicted octanol–water partition coefficient (Wildman–Crippen LogP) is 2.91. The van der Waals surface area contributed by atoms with Gasteiger partial charge in [0.15, 0.2) is 0 Å². The van der Waals surface area contributed by atoms with Crippen molar-refractivity contribution in [3.8, 4) is 0 Å². The molecule has 0 fully saturated rings. The van der Waals surface area contributed by atoms with Gasteiger partial charge in [-0.3, -0.25) is 9.80 Å². The van der Waals surface area contributed by atoms with Gasteiger partial charge in [-0.1, -0.05) is 24.3 Å². The molecular formula is C17H17N3O. The van der Waals surface area contributed by atoms with E-state index in [1.807, 2.05) is 63.4 Å². The van der Waals surface area contributed by atoms with E-state index >= 15 is 0 Å². The summed E-state index contributed by atoms with van der Waals surface area (Å²) in [6, 6.07) is 13.4. The molecule has 3 rings (SSSR count). The molecule has 0 aliphatic heterocycles. The zero-order valence-corrected chi connectivity index (χ0v) is 12.4. The van der Waals surface area contributed by atoms with E-state index in [1.165, 1.54) is 0 Å². The molecular weight excluding hydrogens is 262 g/mol.